The molecule has 1 saturated heterocycles. The van der Waals surface area contributed by atoms with Crippen molar-refractivity contribution in [3.05, 3.63) is 29.7 Å². The van der Waals surface area contributed by atoms with Crippen LogP contribution in [0.1, 0.15) is 55.8 Å². The monoisotopic (exact) mass is 360 g/mol. The molecule has 0 spiro atoms. The number of hydrogen-bond donors (Lipinski definition) is 0. The van der Waals surface area contributed by atoms with E-state index < -0.39 is 11.6 Å². The molecule has 1 aliphatic heterocycles. The second kappa shape index (κ2) is 6.97. The molecule has 0 bridgehead atoms. The maximum atomic E-state index is 12.1. The summed E-state index contributed by atoms with van der Waals surface area (Å²) in [7, 11) is 1.35. The third kappa shape index (κ3) is 3.98. The summed E-state index contributed by atoms with van der Waals surface area (Å²) in [6, 6.07) is 5.06. The van der Waals surface area contributed by atoms with Crippen LogP contribution in [-0.2, 0) is 9.47 Å². The second-order valence-corrected chi connectivity index (χ2v) is 7.47. The summed E-state index contributed by atoms with van der Waals surface area (Å²) in [6.07, 6.45) is 1.24. The van der Waals surface area contributed by atoms with Gasteiger partial charge >= 0.3 is 12.1 Å². The van der Waals surface area contributed by atoms with Gasteiger partial charge in [-0.05, 0) is 51.8 Å². The topological polar surface area (TPSA) is 81.9 Å². The minimum atomic E-state index is -0.494. The van der Waals surface area contributed by atoms with Crippen molar-refractivity contribution in [1.29, 1.82) is 0 Å². The molecule has 1 fully saturated rings. The molecule has 0 aliphatic carbocycles. The van der Waals surface area contributed by atoms with Crippen LogP contribution in [0.3, 0.4) is 0 Å². The second-order valence-electron chi connectivity index (χ2n) is 7.47. The van der Waals surface area contributed by atoms with Gasteiger partial charge in [-0.25, -0.2) is 14.6 Å². The number of aromatic nitrogens is 1. The molecule has 1 aromatic heterocycles. The molecule has 0 atom stereocenters. The molecule has 1 amide bonds. The maximum Gasteiger partial charge on any atom is 0.410 e. The lowest BCUT2D eigenvalue weighted by Crippen LogP contribution is -2.41. The van der Waals surface area contributed by atoms with Gasteiger partial charge in [0.15, 0.2) is 11.5 Å². The van der Waals surface area contributed by atoms with E-state index in [1.165, 1.54) is 7.11 Å². The van der Waals surface area contributed by atoms with Crippen LogP contribution >= 0.6 is 0 Å². The zero-order valence-electron chi connectivity index (χ0n) is 15.6. The number of hydrogen-bond acceptors (Lipinski definition) is 6. The molecule has 1 aromatic carbocycles. The van der Waals surface area contributed by atoms with Crippen LogP contribution in [0, 0.1) is 0 Å². The molecular weight excluding hydrogens is 336 g/mol. The number of likely N-dealkylation sites (tertiary alicyclic amines) is 1. The maximum absolute atomic E-state index is 12.1. The molecule has 0 saturated carbocycles. The zero-order valence-corrected chi connectivity index (χ0v) is 15.6. The van der Waals surface area contributed by atoms with E-state index in [-0.39, 0.29) is 12.0 Å². The summed E-state index contributed by atoms with van der Waals surface area (Å²) in [5.41, 5.74) is 1.23. The van der Waals surface area contributed by atoms with Crippen molar-refractivity contribution in [1.82, 2.24) is 9.88 Å². The molecule has 7 heteroatoms. The summed E-state index contributed by atoms with van der Waals surface area (Å²) in [4.78, 5) is 30.0. The Bertz CT molecular complexity index is 813. The van der Waals surface area contributed by atoms with E-state index in [1.54, 1.807) is 23.1 Å². The number of carbonyl (C=O) groups excluding carboxylic acids is 2. The predicted molar refractivity (Wildman–Crippen MR) is 95.1 cm³/mol. The highest BCUT2D eigenvalue weighted by Gasteiger charge is 2.29. The number of benzene rings is 1. The number of carbonyl (C=O) groups is 2. The van der Waals surface area contributed by atoms with Gasteiger partial charge in [-0.1, -0.05) is 0 Å². The first-order valence-corrected chi connectivity index (χ1v) is 8.73. The SMILES string of the molecule is COC(=O)c1ccc2oc(C3CCN(C(=O)OC(C)(C)C)CC3)nc2c1. The first-order valence-electron chi connectivity index (χ1n) is 8.73. The molecule has 3 rings (SSSR count). The van der Waals surface area contributed by atoms with E-state index in [1.807, 2.05) is 20.8 Å². The standard InChI is InChI=1S/C19H24N2O5/c1-19(2,3)26-18(23)21-9-7-12(8-10-21)16-20-14-11-13(17(22)24-4)5-6-15(14)25-16/h5-6,11-12H,7-10H2,1-4H3. The van der Waals surface area contributed by atoms with Crippen LogP contribution in [-0.4, -0.2) is 47.7 Å². The van der Waals surface area contributed by atoms with Gasteiger partial charge in [0.2, 0.25) is 0 Å². The van der Waals surface area contributed by atoms with Crippen molar-refractivity contribution in [2.75, 3.05) is 20.2 Å². The van der Waals surface area contributed by atoms with Gasteiger partial charge in [0, 0.05) is 19.0 Å². The number of ether oxygens (including phenoxy) is 2. The fourth-order valence-electron chi connectivity index (χ4n) is 3.00. The Balaban J connectivity index is 1.67. The Morgan fingerprint density at radius 1 is 1.23 bits per heavy atom. The van der Waals surface area contributed by atoms with Crippen molar-refractivity contribution >= 4 is 23.2 Å². The number of oxazole rings is 1. The molecule has 0 unspecified atom stereocenters. The molecule has 1 aliphatic rings. The van der Waals surface area contributed by atoms with Crippen molar-refractivity contribution < 1.29 is 23.5 Å². The molecule has 140 valence electrons. The fraction of sp³-hybridized carbons (Fsp3) is 0.526. The van der Waals surface area contributed by atoms with E-state index in [0.717, 1.165) is 12.8 Å². The van der Waals surface area contributed by atoms with Gasteiger partial charge in [0.05, 0.1) is 12.7 Å². The summed E-state index contributed by atoms with van der Waals surface area (Å²) in [6.45, 7) is 6.78. The number of fused-ring (bicyclic) bond motifs is 1. The number of methoxy groups -OCH3 is 1. The lowest BCUT2D eigenvalue weighted by molar-refractivity contribution is 0.0199. The summed E-state index contributed by atoms with van der Waals surface area (Å²) in [5.74, 6) is 0.385. The fourth-order valence-corrected chi connectivity index (χ4v) is 3.00. The first kappa shape index (κ1) is 18.2. The number of nitrogens with zero attached hydrogens (tertiary/aromatic N) is 2. The predicted octanol–water partition coefficient (Wildman–Crippen LogP) is 3.73. The summed E-state index contributed by atoms with van der Waals surface area (Å²) in [5, 5.41) is 0. The van der Waals surface area contributed by atoms with Gasteiger partial charge in [0.25, 0.3) is 0 Å². The molecule has 26 heavy (non-hydrogen) atoms. The Morgan fingerprint density at radius 2 is 1.92 bits per heavy atom. The van der Waals surface area contributed by atoms with Crippen molar-refractivity contribution in [3.63, 3.8) is 0 Å². The van der Waals surface area contributed by atoms with Gasteiger partial charge in [-0.2, -0.15) is 0 Å². The zero-order chi connectivity index (χ0) is 18.9. The van der Waals surface area contributed by atoms with Crippen LogP contribution in [0.25, 0.3) is 11.1 Å². The molecule has 0 N–H and O–H groups in total. The first-order chi connectivity index (χ1) is 12.3. The van der Waals surface area contributed by atoms with E-state index >= 15 is 0 Å². The Labute approximate surface area is 152 Å². The van der Waals surface area contributed by atoms with Crippen LogP contribution in [0.2, 0.25) is 0 Å². The molecule has 2 aromatic rings. The summed E-state index contributed by atoms with van der Waals surface area (Å²) < 4.78 is 16.0. The van der Waals surface area contributed by atoms with Gasteiger partial charge in [-0.15, -0.1) is 0 Å². The van der Waals surface area contributed by atoms with E-state index in [0.29, 0.717) is 35.6 Å². The largest absolute Gasteiger partial charge is 0.465 e. The normalized spacial score (nSPS) is 15.9. The smallest absolute Gasteiger partial charge is 0.410 e. The van der Waals surface area contributed by atoms with Gasteiger partial charge in [-0.3, -0.25) is 0 Å². The van der Waals surface area contributed by atoms with Crippen LogP contribution in [0.5, 0.6) is 0 Å². The Hall–Kier alpha value is -2.57. The van der Waals surface area contributed by atoms with Crippen molar-refractivity contribution in [3.8, 4) is 0 Å². The quantitative estimate of drug-likeness (QED) is 0.759. The summed E-state index contributed by atoms with van der Waals surface area (Å²) >= 11 is 0. The average molecular weight is 360 g/mol. The third-order valence-corrected chi connectivity index (χ3v) is 4.32. The Kier molecular flexibility index (Phi) is 4.89. The highest BCUT2D eigenvalue weighted by Crippen LogP contribution is 2.30. The van der Waals surface area contributed by atoms with Gasteiger partial charge < -0.3 is 18.8 Å². The van der Waals surface area contributed by atoms with Crippen molar-refractivity contribution in [2.24, 2.45) is 0 Å². The van der Waals surface area contributed by atoms with Crippen LogP contribution in [0.4, 0.5) is 4.79 Å². The number of esters is 1. The van der Waals surface area contributed by atoms with E-state index in [2.05, 4.69) is 4.98 Å². The highest BCUT2D eigenvalue weighted by molar-refractivity contribution is 5.93. The van der Waals surface area contributed by atoms with E-state index in [9.17, 15) is 9.59 Å². The molecule has 7 nitrogen and oxygen atoms in total. The minimum Gasteiger partial charge on any atom is -0.465 e. The number of amides is 1. The molecular formula is C19H24N2O5. The minimum absolute atomic E-state index is 0.141. The van der Waals surface area contributed by atoms with Crippen LogP contribution < -0.4 is 0 Å². The van der Waals surface area contributed by atoms with E-state index in [4.69, 9.17) is 13.9 Å². The molecule has 0 radical (unpaired) electrons. The lowest BCUT2D eigenvalue weighted by Gasteiger charge is -2.32. The van der Waals surface area contributed by atoms with Crippen molar-refractivity contribution in [2.45, 2.75) is 45.1 Å². The highest BCUT2D eigenvalue weighted by atomic mass is 16.6. The lowest BCUT2D eigenvalue weighted by atomic mass is 9.97. The van der Waals surface area contributed by atoms with Gasteiger partial charge in [0.1, 0.15) is 11.1 Å². The number of piperidine rings is 1. The molecule has 2 heterocycles. The third-order valence-electron chi connectivity index (χ3n) is 4.32. The van der Waals surface area contributed by atoms with Crippen LogP contribution in [0.15, 0.2) is 22.6 Å². The Morgan fingerprint density at radius 3 is 2.54 bits per heavy atom. The number of rotatable bonds is 2. The average Bonchev–Trinajstić information content (AvgIpc) is 3.02.